The summed E-state index contributed by atoms with van der Waals surface area (Å²) in [5.74, 6) is 2.29. The molecule has 0 saturated carbocycles. The molecule has 2 fully saturated rings. The molecule has 0 unspecified atom stereocenters. The molecule has 3 rings (SSSR count). The first kappa shape index (κ1) is 22.3. The molecule has 1 aromatic rings. The van der Waals surface area contributed by atoms with Gasteiger partial charge in [-0.3, -0.25) is 9.69 Å². The van der Waals surface area contributed by atoms with E-state index in [1.54, 1.807) is 11.8 Å². The van der Waals surface area contributed by atoms with E-state index in [0.29, 0.717) is 45.2 Å². The molecule has 9 heteroatoms. The van der Waals surface area contributed by atoms with Gasteiger partial charge in [0.05, 0.1) is 13.2 Å². The number of nitrogens with zero attached hydrogens (tertiary/aromatic N) is 6. The van der Waals surface area contributed by atoms with Crippen LogP contribution in [0.4, 0.5) is 10.6 Å². The van der Waals surface area contributed by atoms with Gasteiger partial charge >= 0.3 is 6.09 Å². The number of carbonyl (C=O) groups excluding carboxylic acids is 2. The number of anilines is 1. The van der Waals surface area contributed by atoms with Crippen LogP contribution < -0.4 is 4.90 Å². The molecule has 2 aliphatic heterocycles. The maximum Gasteiger partial charge on any atom is 0.409 e. The van der Waals surface area contributed by atoms with Crippen molar-refractivity contribution in [3.8, 4) is 0 Å². The average Bonchev–Trinajstić information content (AvgIpc) is 2.74. The third kappa shape index (κ3) is 5.59. The van der Waals surface area contributed by atoms with Gasteiger partial charge < -0.3 is 19.4 Å². The molecule has 30 heavy (non-hydrogen) atoms. The monoisotopic (exact) mass is 418 g/mol. The summed E-state index contributed by atoms with van der Waals surface area (Å²) in [5.41, 5.74) is 0.989. The van der Waals surface area contributed by atoms with Crippen LogP contribution in [0.3, 0.4) is 0 Å². The van der Waals surface area contributed by atoms with Crippen LogP contribution in [0, 0.1) is 6.92 Å². The van der Waals surface area contributed by atoms with E-state index in [0.717, 1.165) is 43.5 Å². The van der Waals surface area contributed by atoms with Crippen LogP contribution in [0.25, 0.3) is 0 Å². The summed E-state index contributed by atoms with van der Waals surface area (Å²) in [5, 5.41) is 0. The number of hydrogen-bond donors (Lipinski definition) is 0. The van der Waals surface area contributed by atoms with E-state index in [4.69, 9.17) is 9.72 Å². The van der Waals surface area contributed by atoms with Gasteiger partial charge in [0.2, 0.25) is 5.91 Å². The van der Waals surface area contributed by atoms with E-state index >= 15 is 0 Å². The predicted octanol–water partition coefficient (Wildman–Crippen LogP) is 1.33. The van der Waals surface area contributed by atoms with Gasteiger partial charge in [-0.1, -0.05) is 13.8 Å². The van der Waals surface area contributed by atoms with Crippen LogP contribution in [0.2, 0.25) is 0 Å². The summed E-state index contributed by atoms with van der Waals surface area (Å²) in [4.78, 5) is 41.8. The van der Waals surface area contributed by atoms with Crippen molar-refractivity contribution < 1.29 is 14.3 Å². The lowest BCUT2D eigenvalue weighted by Gasteiger charge is -2.38. The Hall–Kier alpha value is -2.42. The molecule has 9 nitrogen and oxygen atoms in total. The van der Waals surface area contributed by atoms with Gasteiger partial charge in [-0.05, 0) is 13.8 Å². The summed E-state index contributed by atoms with van der Waals surface area (Å²) in [6.07, 6.45) is -0.290. The highest BCUT2D eigenvalue weighted by Gasteiger charge is 2.27. The van der Waals surface area contributed by atoms with Gasteiger partial charge in [-0.15, -0.1) is 0 Å². The van der Waals surface area contributed by atoms with E-state index in [9.17, 15) is 9.59 Å². The van der Waals surface area contributed by atoms with Crippen LogP contribution in [-0.2, 0) is 9.53 Å². The van der Waals surface area contributed by atoms with E-state index in [1.807, 2.05) is 17.9 Å². The molecular weight excluding hydrogens is 384 g/mol. The minimum absolute atomic E-state index is 0.131. The zero-order valence-electron chi connectivity index (χ0n) is 18.6. The molecular formula is C21H34N6O3. The summed E-state index contributed by atoms with van der Waals surface area (Å²) < 4.78 is 5.03. The smallest absolute Gasteiger partial charge is 0.409 e. The molecule has 0 spiro atoms. The summed E-state index contributed by atoms with van der Waals surface area (Å²) in [6, 6.07) is 2.04. The second-order valence-electron chi connectivity index (χ2n) is 8.21. The first-order valence-corrected chi connectivity index (χ1v) is 10.9. The zero-order valence-corrected chi connectivity index (χ0v) is 18.6. The lowest BCUT2D eigenvalue weighted by Crippen LogP contribution is -2.54. The third-order valence-corrected chi connectivity index (χ3v) is 5.59. The highest BCUT2D eigenvalue weighted by Crippen LogP contribution is 2.18. The lowest BCUT2D eigenvalue weighted by molar-refractivity contribution is -0.134. The van der Waals surface area contributed by atoms with Gasteiger partial charge in [0.15, 0.2) is 0 Å². The fraction of sp³-hybridized carbons (Fsp3) is 0.714. The number of aryl methyl sites for hydroxylation is 1. The first-order chi connectivity index (χ1) is 14.4. The number of rotatable bonds is 5. The van der Waals surface area contributed by atoms with Gasteiger partial charge in [-0.25, -0.2) is 14.8 Å². The van der Waals surface area contributed by atoms with Crippen LogP contribution in [0.5, 0.6) is 0 Å². The Kier molecular flexibility index (Phi) is 7.47. The number of hydrogen-bond acceptors (Lipinski definition) is 7. The predicted molar refractivity (Wildman–Crippen MR) is 115 cm³/mol. The van der Waals surface area contributed by atoms with Crippen LogP contribution in [0.15, 0.2) is 6.07 Å². The molecule has 0 bridgehead atoms. The second-order valence-corrected chi connectivity index (χ2v) is 8.21. The van der Waals surface area contributed by atoms with Crippen molar-refractivity contribution in [2.75, 3.05) is 70.4 Å². The zero-order chi connectivity index (χ0) is 21.7. The lowest BCUT2D eigenvalue weighted by atomic mass is 10.2. The Bertz CT molecular complexity index is 740. The van der Waals surface area contributed by atoms with Crippen molar-refractivity contribution in [1.82, 2.24) is 24.7 Å². The standard InChI is InChI=1S/C21H34N6O3/c1-5-30-21(29)27-12-10-26(11-13-27)19(28)15-24-6-8-25(9-7-24)18-14-17(4)22-20(23-18)16(2)3/h14,16H,5-13,15H2,1-4H3. The summed E-state index contributed by atoms with van der Waals surface area (Å²) in [7, 11) is 0. The molecule has 0 N–H and O–H groups in total. The maximum atomic E-state index is 12.7. The van der Waals surface area contributed by atoms with Crippen LogP contribution >= 0.6 is 0 Å². The molecule has 2 aliphatic rings. The van der Waals surface area contributed by atoms with E-state index < -0.39 is 0 Å². The average molecular weight is 419 g/mol. The number of ether oxygens (including phenoxy) is 1. The minimum Gasteiger partial charge on any atom is -0.450 e. The number of amides is 2. The largest absolute Gasteiger partial charge is 0.450 e. The van der Waals surface area contributed by atoms with Crippen molar-refractivity contribution >= 4 is 17.8 Å². The van der Waals surface area contributed by atoms with Crippen molar-refractivity contribution in [3.63, 3.8) is 0 Å². The fourth-order valence-electron chi connectivity index (χ4n) is 3.77. The minimum atomic E-state index is -0.290. The third-order valence-electron chi connectivity index (χ3n) is 5.59. The number of aromatic nitrogens is 2. The highest BCUT2D eigenvalue weighted by atomic mass is 16.6. The summed E-state index contributed by atoms with van der Waals surface area (Å²) in [6.45, 7) is 14.4. The topological polar surface area (TPSA) is 82.1 Å². The van der Waals surface area contributed by atoms with Crippen molar-refractivity contribution in [2.45, 2.75) is 33.6 Å². The first-order valence-electron chi connectivity index (χ1n) is 10.9. The van der Waals surface area contributed by atoms with Crippen LogP contribution in [0.1, 0.15) is 38.2 Å². The second kappa shape index (κ2) is 10.1. The quantitative estimate of drug-likeness (QED) is 0.713. The molecule has 2 saturated heterocycles. The van der Waals surface area contributed by atoms with E-state index in [-0.39, 0.29) is 12.0 Å². The summed E-state index contributed by atoms with van der Waals surface area (Å²) >= 11 is 0. The van der Waals surface area contributed by atoms with Gasteiger partial charge in [0, 0.05) is 70.0 Å². The Morgan fingerprint density at radius 3 is 2.23 bits per heavy atom. The SMILES string of the molecule is CCOC(=O)N1CCN(C(=O)CN2CCN(c3cc(C)nc(C(C)C)n3)CC2)CC1. The Morgan fingerprint density at radius 1 is 1.00 bits per heavy atom. The van der Waals surface area contributed by atoms with Crippen molar-refractivity contribution in [1.29, 1.82) is 0 Å². The molecule has 0 aromatic carbocycles. The van der Waals surface area contributed by atoms with E-state index in [1.165, 1.54) is 0 Å². The highest BCUT2D eigenvalue weighted by molar-refractivity contribution is 5.78. The van der Waals surface area contributed by atoms with Crippen molar-refractivity contribution in [2.24, 2.45) is 0 Å². The molecule has 0 radical (unpaired) electrons. The van der Waals surface area contributed by atoms with Crippen molar-refractivity contribution in [3.05, 3.63) is 17.6 Å². The van der Waals surface area contributed by atoms with Gasteiger partial charge in [0.25, 0.3) is 0 Å². The van der Waals surface area contributed by atoms with Gasteiger partial charge in [0.1, 0.15) is 11.6 Å². The normalized spacial score (nSPS) is 18.1. The number of piperazine rings is 2. The molecule has 3 heterocycles. The molecule has 2 amide bonds. The Labute approximate surface area is 179 Å². The Morgan fingerprint density at radius 2 is 1.63 bits per heavy atom. The number of carbonyl (C=O) groups is 2. The van der Waals surface area contributed by atoms with Crippen LogP contribution in [-0.4, -0.2) is 102 Å². The van der Waals surface area contributed by atoms with E-state index in [2.05, 4.69) is 28.6 Å². The Balaban J connectivity index is 1.46. The maximum absolute atomic E-state index is 12.7. The van der Waals surface area contributed by atoms with Gasteiger partial charge in [-0.2, -0.15) is 0 Å². The molecule has 0 atom stereocenters. The molecule has 0 aliphatic carbocycles. The fourth-order valence-corrected chi connectivity index (χ4v) is 3.77. The molecule has 166 valence electrons. The molecule has 1 aromatic heterocycles.